The van der Waals surface area contributed by atoms with Crippen molar-refractivity contribution in [1.82, 2.24) is 0 Å². The molecule has 78 valence electrons. The lowest BCUT2D eigenvalue weighted by molar-refractivity contribution is -0.0229. The summed E-state index contributed by atoms with van der Waals surface area (Å²) in [7, 11) is 0. The number of ether oxygens (including phenoxy) is 1. The van der Waals surface area contributed by atoms with Gasteiger partial charge < -0.3 is 10.5 Å². The zero-order valence-corrected chi connectivity index (χ0v) is 9.48. The maximum atomic E-state index is 5.90. The van der Waals surface area contributed by atoms with Crippen LogP contribution in [0.3, 0.4) is 0 Å². The van der Waals surface area contributed by atoms with Gasteiger partial charge in [-0.25, -0.2) is 0 Å². The largest absolute Gasteiger partial charge is 0.372 e. The Balaban J connectivity index is 2.14. The Bertz CT molecular complexity index is 302. The summed E-state index contributed by atoms with van der Waals surface area (Å²) in [6.07, 6.45) is 2.46. The SMILES string of the molecule is NCC1CCCOC1c1ccc(Cl)s1. The summed E-state index contributed by atoms with van der Waals surface area (Å²) in [4.78, 5) is 1.21. The molecule has 0 saturated carbocycles. The lowest BCUT2D eigenvalue weighted by atomic mass is 9.93. The second-order valence-electron chi connectivity index (χ2n) is 3.57. The lowest BCUT2D eigenvalue weighted by Crippen LogP contribution is -2.28. The molecule has 0 amide bonds. The standard InChI is InChI=1S/C10H14ClNOS/c11-9-4-3-8(14-9)10-7(6-12)2-1-5-13-10/h3-4,7,10H,1-2,5-6,12H2. The quantitative estimate of drug-likeness (QED) is 0.850. The molecular formula is C10H14ClNOS. The molecule has 0 aromatic carbocycles. The van der Waals surface area contributed by atoms with E-state index in [9.17, 15) is 0 Å². The summed E-state index contributed by atoms with van der Waals surface area (Å²) in [5, 5.41) is 0. The van der Waals surface area contributed by atoms with E-state index in [-0.39, 0.29) is 6.10 Å². The van der Waals surface area contributed by atoms with E-state index in [4.69, 9.17) is 22.1 Å². The van der Waals surface area contributed by atoms with Gasteiger partial charge in [-0.15, -0.1) is 11.3 Å². The van der Waals surface area contributed by atoms with Crippen LogP contribution in [0.2, 0.25) is 4.34 Å². The monoisotopic (exact) mass is 231 g/mol. The zero-order valence-electron chi connectivity index (χ0n) is 7.91. The summed E-state index contributed by atoms with van der Waals surface area (Å²) in [5.41, 5.74) is 5.73. The highest BCUT2D eigenvalue weighted by Gasteiger charge is 2.27. The van der Waals surface area contributed by atoms with E-state index in [1.807, 2.05) is 12.1 Å². The Kier molecular flexibility index (Phi) is 3.44. The molecule has 0 bridgehead atoms. The van der Waals surface area contributed by atoms with E-state index in [0.29, 0.717) is 12.5 Å². The van der Waals surface area contributed by atoms with Crippen LogP contribution < -0.4 is 5.73 Å². The minimum atomic E-state index is 0.172. The number of thiophene rings is 1. The molecule has 0 spiro atoms. The van der Waals surface area contributed by atoms with Gasteiger partial charge in [0, 0.05) is 17.4 Å². The molecule has 2 atom stereocenters. The van der Waals surface area contributed by atoms with E-state index in [1.54, 1.807) is 11.3 Å². The first-order valence-corrected chi connectivity index (χ1v) is 6.07. The molecule has 2 heterocycles. The maximum Gasteiger partial charge on any atom is 0.0957 e. The third kappa shape index (κ3) is 2.11. The van der Waals surface area contributed by atoms with Gasteiger partial charge in [0.25, 0.3) is 0 Å². The van der Waals surface area contributed by atoms with Crippen molar-refractivity contribution in [3.63, 3.8) is 0 Å². The van der Waals surface area contributed by atoms with Crippen molar-refractivity contribution in [3.05, 3.63) is 21.3 Å². The molecule has 0 aliphatic carbocycles. The summed E-state index contributed by atoms with van der Waals surface area (Å²) in [6.45, 7) is 1.54. The highest BCUT2D eigenvalue weighted by molar-refractivity contribution is 7.16. The van der Waals surface area contributed by atoms with Gasteiger partial charge in [0.2, 0.25) is 0 Å². The minimum absolute atomic E-state index is 0.172. The topological polar surface area (TPSA) is 35.2 Å². The van der Waals surface area contributed by atoms with Gasteiger partial charge in [0.05, 0.1) is 10.4 Å². The molecule has 2 rings (SSSR count). The molecule has 1 aliphatic rings. The third-order valence-electron chi connectivity index (χ3n) is 2.62. The van der Waals surface area contributed by atoms with Crippen molar-refractivity contribution >= 4 is 22.9 Å². The summed E-state index contributed by atoms with van der Waals surface area (Å²) in [6, 6.07) is 3.97. The van der Waals surface area contributed by atoms with Gasteiger partial charge in [-0.05, 0) is 31.5 Å². The molecule has 1 aromatic heterocycles. The first-order valence-electron chi connectivity index (χ1n) is 4.88. The van der Waals surface area contributed by atoms with Gasteiger partial charge in [0.15, 0.2) is 0 Å². The van der Waals surface area contributed by atoms with Crippen LogP contribution in [-0.4, -0.2) is 13.2 Å². The van der Waals surface area contributed by atoms with Gasteiger partial charge in [0.1, 0.15) is 0 Å². The molecule has 4 heteroatoms. The molecular weight excluding hydrogens is 218 g/mol. The average Bonchev–Trinajstić information content (AvgIpc) is 2.65. The fourth-order valence-corrected chi connectivity index (χ4v) is 3.08. The number of hydrogen-bond acceptors (Lipinski definition) is 3. The fourth-order valence-electron chi connectivity index (χ4n) is 1.88. The maximum absolute atomic E-state index is 5.90. The summed E-state index contributed by atoms with van der Waals surface area (Å²) >= 11 is 7.50. The van der Waals surface area contributed by atoms with Crippen LogP contribution in [0.5, 0.6) is 0 Å². The molecule has 1 aliphatic heterocycles. The molecule has 1 aromatic rings. The van der Waals surface area contributed by atoms with Crippen molar-refractivity contribution in [1.29, 1.82) is 0 Å². The van der Waals surface area contributed by atoms with Gasteiger partial charge in [-0.2, -0.15) is 0 Å². The van der Waals surface area contributed by atoms with Crippen LogP contribution in [0.4, 0.5) is 0 Å². The van der Waals surface area contributed by atoms with Crippen molar-refractivity contribution in [2.75, 3.05) is 13.2 Å². The number of nitrogens with two attached hydrogens (primary N) is 1. The van der Waals surface area contributed by atoms with Crippen molar-refractivity contribution < 1.29 is 4.74 Å². The highest BCUT2D eigenvalue weighted by Crippen LogP contribution is 2.37. The molecule has 1 saturated heterocycles. The molecule has 14 heavy (non-hydrogen) atoms. The van der Waals surface area contributed by atoms with Crippen LogP contribution in [-0.2, 0) is 4.74 Å². The normalized spacial score (nSPS) is 27.9. The van der Waals surface area contributed by atoms with Gasteiger partial charge in [-0.3, -0.25) is 0 Å². The van der Waals surface area contributed by atoms with Crippen LogP contribution in [0.15, 0.2) is 12.1 Å². The lowest BCUT2D eigenvalue weighted by Gasteiger charge is -2.30. The third-order valence-corrected chi connectivity index (χ3v) is 3.91. The van der Waals surface area contributed by atoms with E-state index in [1.165, 1.54) is 4.88 Å². The summed E-state index contributed by atoms with van der Waals surface area (Å²) in [5.74, 6) is 0.457. The minimum Gasteiger partial charge on any atom is -0.372 e. The summed E-state index contributed by atoms with van der Waals surface area (Å²) < 4.78 is 6.58. The van der Waals surface area contributed by atoms with Crippen LogP contribution >= 0.6 is 22.9 Å². The van der Waals surface area contributed by atoms with Gasteiger partial charge in [-0.1, -0.05) is 11.6 Å². The fraction of sp³-hybridized carbons (Fsp3) is 0.600. The average molecular weight is 232 g/mol. The molecule has 2 N–H and O–H groups in total. The number of halogens is 1. The molecule has 1 fully saturated rings. The van der Waals surface area contributed by atoms with Crippen LogP contribution in [0.25, 0.3) is 0 Å². The molecule has 0 radical (unpaired) electrons. The Hall–Kier alpha value is -0.0900. The van der Waals surface area contributed by atoms with Crippen LogP contribution in [0, 0.1) is 5.92 Å². The number of hydrogen-bond donors (Lipinski definition) is 1. The predicted octanol–water partition coefficient (Wildman–Crippen LogP) is 2.83. The Morgan fingerprint density at radius 3 is 3.07 bits per heavy atom. The highest BCUT2D eigenvalue weighted by atomic mass is 35.5. The first kappa shape index (κ1) is 10.4. The Morgan fingerprint density at radius 1 is 1.57 bits per heavy atom. The van der Waals surface area contributed by atoms with E-state index in [2.05, 4.69) is 0 Å². The second kappa shape index (κ2) is 4.62. The van der Waals surface area contributed by atoms with Crippen molar-refractivity contribution in [2.45, 2.75) is 18.9 Å². The smallest absolute Gasteiger partial charge is 0.0957 e. The van der Waals surface area contributed by atoms with E-state index in [0.717, 1.165) is 23.8 Å². The number of rotatable bonds is 2. The van der Waals surface area contributed by atoms with Crippen molar-refractivity contribution in [3.8, 4) is 0 Å². The molecule has 2 nitrogen and oxygen atoms in total. The predicted molar refractivity (Wildman–Crippen MR) is 59.8 cm³/mol. The second-order valence-corrected chi connectivity index (χ2v) is 5.32. The first-order chi connectivity index (χ1) is 6.81. The Labute approximate surface area is 93.0 Å². The van der Waals surface area contributed by atoms with Crippen LogP contribution in [0.1, 0.15) is 23.8 Å². The van der Waals surface area contributed by atoms with E-state index >= 15 is 0 Å². The zero-order chi connectivity index (χ0) is 9.97. The van der Waals surface area contributed by atoms with E-state index < -0.39 is 0 Å². The molecule has 2 unspecified atom stereocenters. The van der Waals surface area contributed by atoms with Gasteiger partial charge >= 0.3 is 0 Å². The Morgan fingerprint density at radius 2 is 2.43 bits per heavy atom. The van der Waals surface area contributed by atoms with Crippen molar-refractivity contribution in [2.24, 2.45) is 11.7 Å².